The van der Waals surface area contributed by atoms with Gasteiger partial charge in [0.05, 0.1) is 29.9 Å². The third kappa shape index (κ3) is 2.51. The summed E-state index contributed by atoms with van der Waals surface area (Å²) in [7, 11) is 0. The molecule has 98 valence electrons. The Labute approximate surface area is 111 Å². The van der Waals surface area contributed by atoms with Gasteiger partial charge in [-0.15, -0.1) is 0 Å². The van der Waals surface area contributed by atoms with Crippen LogP contribution < -0.4 is 4.90 Å². The highest BCUT2D eigenvalue weighted by Crippen LogP contribution is 2.29. The molecule has 1 saturated heterocycles. The van der Waals surface area contributed by atoms with E-state index in [1.807, 2.05) is 19.1 Å². The highest BCUT2D eigenvalue weighted by molar-refractivity contribution is 6.33. The molecule has 4 nitrogen and oxygen atoms in total. The molecule has 0 spiro atoms. The summed E-state index contributed by atoms with van der Waals surface area (Å²) >= 11 is 6.03. The number of rotatable bonds is 3. The first kappa shape index (κ1) is 13.3. The van der Waals surface area contributed by atoms with E-state index in [2.05, 4.69) is 4.90 Å². The maximum Gasteiger partial charge on any atom is 0.153 e. The summed E-state index contributed by atoms with van der Waals surface area (Å²) in [6.07, 6.45) is 0.549. The monoisotopic (exact) mass is 269 g/mol. The molecular weight excluding hydrogens is 254 g/mol. The van der Waals surface area contributed by atoms with Crippen LogP contribution in [0.1, 0.15) is 17.3 Å². The van der Waals surface area contributed by atoms with E-state index in [4.69, 9.17) is 16.3 Å². The number of benzene rings is 1. The van der Waals surface area contributed by atoms with Gasteiger partial charge in [0.2, 0.25) is 0 Å². The van der Waals surface area contributed by atoms with Gasteiger partial charge in [-0.2, -0.15) is 0 Å². The highest BCUT2D eigenvalue weighted by Gasteiger charge is 2.27. The Morgan fingerprint density at radius 3 is 3.06 bits per heavy atom. The number of aldehydes is 1. The molecule has 1 N–H and O–H groups in total. The van der Waals surface area contributed by atoms with Crippen LogP contribution in [0.15, 0.2) is 18.2 Å². The molecule has 0 saturated carbocycles. The zero-order valence-electron chi connectivity index (χ0n) is 10.2. The third-order valence-electron chi connectivity index (χ3n) is 3.17. The van der Waals surface area contributed by atoms with E-state index in [0.717, 1.165) is 12.0 Å². The molecule has 2 atom stereocenters. The largest absolute Gasteiger partial charge is 0.394 e. The van der Waals surface area contributed by atoms with Gasteiger partial charge >= 0.3 is 0 Å². The normalized spacial score (nSPS) is 24.1. The second kappa shape index (κ2) is 5.69. The minimum Gasteiger partial charge on any atom is -0.394 e. The van der Waals surface area contributed by atoms with Crippen molar-refractivity contribution in [2.24, 2.45) is 0 Å². The molecular formula is C13H16ClNO3. The van der Waals surface area contributed by atoms with Crippen LogP contribution >= 0.6 is 11.6 Å². The SMILES string of the molecule is CC1COC(CO)CN1c1cccc(Cl)c1C=O. The second-order valence-electron chi connectivity index (χ2n) is 4.43. The molecule has 1 aliphatic rings. The topological polar surface area (TPSA) is 49.8 Å². The minimum absolute atomic E-state index is 0.0276. The van der Waals surface area contributed by atoms with Crippen molar-refractivity contribution in [2.45, 2.75) is 19.1 Å². The lowest BCUT2D eigenvalue weighted by molar-refractivity contribution is -0.0103. The van der Waals surface area contributed by atoms with Crippen LogP contribution in [0.4, 0.5) is 5.69 Å². The first-order chi connectivity index (χ1) is 8.67. The van der Waals surface area contributed by atoms with Gasteiger partial charge in [-0.25, -0.2) is 0 Å². The molecule has 5 heteroatoms. The molecule has 0 aliphatic carbocycles. The zero-order chi connectivity index (χ0) is 13.1. The van der Waals surface area contributed by atoms with Crippen molar-refractivity contribution in [1.29, 1.82) is 0 Å². The Kier molecular flexibility index (Phi) is 4.22. The number of carbonyl (C=O) groups is 1. The number of morpholine rings is 1. The summed E-state index contributed by atoms with van der Waals surface area (Å²) in [5.41, 5.74) is 1.29. The number of halogens is 1. The molecule has 2 unspecified atom stereocenters. The lowest BCUT2D eigenvalue weighted by Gasteiger charge is -2.39. The van der Waals surface area contributed by atoms with Gasteiger partial charge in [0.1, 0.15) is 0 Å². The smallest absolute Gasteiger partial charge is 0.153 e. The van der Waals surface area contributed by atoms with Gasteiger partial charge in [-0.3, -0.25) is 4.79 Å². The number of carbonyl (C=O) groups excluding carboxylic acids is 1. The van der Waals surface area contributed by atoms with Gasteiger partial charge in [-0.1, -0.05) is 17.7 Å². The molecule has 0 bridgehead atoms. The average molecular weight is 270 g/mol. The molecule has 1 heterocycles. The number of aliphatic hydroxyl groups is 1. The molecule has 1 aliphatic heterocycles. The Morgan fingerprint density at radius 1 is 1.61 bits per heavy atom. The summed E-state index contributed by atoms with van der Waals surface area (Å²) in [6, 6.07) is 5.53. The van der Waals surface area contributed by atoms with Crippen molar-refractivity contribution in [2.75, 3.05) is 24.7 Å². The number of hydrogen-bond donors (Lipinski definition) is 1. The van der Waals surface area contributed by atoms with Crippen LogP contribution in [0.3, 0.4) is 0 Å². The molecule has 18 heavy (non-hydrogen) atoms. The van der Waals surface area contributed by atoms with Gasteiger partial charge < -0.3 is 14.7 Å². The van der Waals surface area contributed by atoms with Crippen molar-refractivity contribution in [3.63, 3.8) is 0 Å². The summed E-state index contributed by atoms with van der Waals surface area (Å²) in [6.45, 7) is 3.07. The van der Waals surface area contributed by atoms with Crippen LogP contribution in [0.2, 0.25) is 5.02 Å². The van der Waals surface area contributed by atoms with Crippen LogP contribution in [0.25, 0.3) is 0 Å². The fraction of sp³-hybridized carbons (Fsp3) is 0.462. The number of anilines is 1. The summed E-state index contributed by atoms with van der Waals surface area (Å²) in [5.74, 6) is 0. The van der Waals surface area contributed by atoms with Crippen molar-refractivity contribution in [3.05, 3.63) is 28.8 Å². The van der Waals surface area contributed by atoms with Crippen LogP contribution in [-0.2, 0) is 4.74 Å². The van der Waals surface area contributed by atoms with Crippen molar-refractivity contribution in [3.8, 4) is 0 Å². The van der Waals surface area contributed by atoms with Crippen LogP contribution in [0, 0.1) is 0 Å². The maximum absolute atomic E-state index is 11.2. The summed E-state index contributed by atoms with van der Waals surface area (Å²) in [4.78, 5) is 13.2. The Bertz CT molecular complexity index is 438. The summed E-state index contributed by atoms with van der Waals surface area (Å²) in [5, 5.41) is 9.62. The van der Waals surface area contributed by atoms with E-state index < -0.39 is 0 Å². The fourth-order valence-corrected chi connectivity index (χ4v) is 2.37. The molecule has 1 aromatic carbocycles. The number of aliphatic hydroxyl groups excluding tert-OH is 1. The predicted molar refractivity (Wildman–Crippen MR) is 70.5 cm³/mol. The Balaban J connectivity index is 2.34. The molecule has 1 fully saturated rings. The van der Waals surface area contributed by atoms with E-state index in [0.29, 0.717) is 23.7 Å². The maximum atomic E-state index is 11.2. The average Bonchev–Trinajstić information content (AvgIpc) is 2.39. The standard InChI is InChI=1S/C13H16ClNO3/c1-9-8-18-10(6-16)5-15(9)13-4-2-3-12(14)11(13)7-17/h2-4,7,9-10,16H,5-6,8H2,1H3. The lowest BCUT2D eigenvalue weighted by Crippen LogP contribution is -2.50. The lowest BCUT2D eigenvalue weighted by atomic mass is 10.1. The number of ether oxygens (including phenoxy) is 1. The molecule has 0 radical (unpaired) electrons. The number of hydrogen-bond acceptors (Lipinski definition) is 4. The Morgan fingerprint density at radius 2 is 2.39 bits per heavy atom. The van der Waals surface area contributed by atoms with E-state index in [-0.39, 0.29) is 18.8 Å². The molecule has 1 aromatic rings. The fourth-order valence-electron chi connectivity index (χ4n) is 2.16. The molecule has 0 aromatic heterocycles. The van der Waals surface area contributed by atoms with Gasteiger partial charge in [0.25, 0.3) is 0 Å². The highest BCUT2D eigenvalue weighted by atomic mass is 35.5. The van der Waals surface area contributed by atoms with Gasteiger partial charge in [0, 0.05) is 18.3 Å². The molecule has 0 amide bonds. The molecule has 2 rings (SSSR count). The third-order valence-corrected chi connectivity index (χ3v) is 3.50. The van der Waals surface area contributed by atoms with Gasteiger partial charge in [0.15, 0.2) is 6.29 Å². The van der Waals surface area contributed by atoms with Crippen molar-refractivity contribution < 1.29 is 14.6 Å². The van der Waals surface area contributed by atoms with Gasteiger partial charge in [-0.05, 0) is 19.1 Å². The van der Waals surface area contributed by atoms with Crippen molar-refractivity contribution >= 4 is 23.6 Å². The predicted octanol–water partition coefficient (Wildman–Crippen LogP) is 1.74. The summed E-state index contributed by atoms with van der Waals surface area (Å²) < 4.78 is 5.48. The zero-order valence-corrected chi connectivity index (χ0v) is 10.9. The van der Waals surface area contributed by atoms with Crippen LogP contribution in [-0.4, -0.2) is 43.3 Å². The second-order valence-corrected chi connectivity index (χ2v) is 4.84. The first-order valence-corrected chi connectivity index (χ1v) is 6.28. The Hall–Kier alpha value is -1.10. The van der Waals surface area contributed by atoms with E-state index in [1.54, 1.807) is 6.07 Å². The minimum atomic E-state index is -0.223. The van der Waals surface area contributed by atoms with Crippen LogP contribution in [0.5, 0.6) is 0 Å². The van der Waals surface area contributed by atoms with E-state index in [1.165, 1.54) is 0 Å². The van der Waals surface area contributed by atoms with E-state index >= 15 is 0 Å². The number of nitrogens with zero attached hydrogens (tertiary/aromatic N) is 1. The quantitative estimate of drug-likeness (QED) is 0.850. The van der Waals surface area contributed by atoms with Crippen molar-refractivity contribution in [1.82, 2.24) is 0 Å². The van der Waals surface area contributed by atoms with E-state index in [9.17, 15) is 9.90 Å². The first-order valence-electron chi connectivity index (χ1n) is 5.90.